The molecule has 1 fully saturated rings. The largest absolute Gasteiger partial charge is 0.310 e. The molecule has 1 aliphatic rings. The zero-order valence-corrected chi connectivity index (χ0v) is 10.2. The minimum atomic E-state index is 0.583. The zero-order valence-electron chi connectivity index (χ0n) is 10.2. The summed E-state index contributed by atoms with van der Waals surface area (Å²) in [6.07, 6.45) is 4.98. The molecule has 0 saturated carbocycles. The molecule has 0 amide bonds. The van der Waals surface area contributed by atoms with E-state index in [1.165, 1.54) is 18.5 Å². The van der Waals surface area contributed by atoms with Gasteiger partial charge in [0.05, 0.1) is 0 Å². The predicted molar refractivity (Wildman–Crippen MR) is 66.2 cm³/mol. The van der Waals surface area contributed by atoms with Crippen LogP contribution in [0.4, 0.5) is 0 Å². The van der Waals surface area contributed by atoms with E-state index < -0.39 is 0 Å². The molecule has 3 nitrogen and oxygen atoms in total. The summed E-state index contributed by atoms with van der Waals surface area (Å²) in [6.45, 7) is 7.89. The highest BCUT2D eigenvalue weighted by Gasteiger charge is 2.17. The van der Waals surface area contributed by atoms with Gasteiger partial charge in [-0.1, -0.05) is 0 Å². The average Bonchev–Trinajstić information content (AvgIpc) is 2.41. The Morgan fingerprint density at radius 1 is 1.31 bits per heavy atom. The molecule has 2 heterocycles. The van der Waals surface area contributed by atoms with Gasteiger partial charge in [-0.15, -0.1) is 0 Å². The predicted octanol–water partition coefficient (Wildman–Crippen LogP) is 1.65. The lowest BCUT2D eigenvalue weighted by Gasteiger charge is -2.22. The molecular formula is C13H21N3. The highest BCUT2D eigenvalue weighted by Crippen LogP contribution is 2.09. The Balaban J connectivity index is 1.94. The molecule has 0 spiro atoms. The van der Waals surface area contributed by atoms with Crippen molar-refractivity contribution in [2.45, 2.75) is 38.9 Å². The van der Waals surface area contributed by atoms with Gasteiger partial charge in [-0.3, -0.25) is 9.88 Å². The van der Waals surface area contributed by atoms with E-state index in [0.717, 1.165) is 13.1 Å². The Morgan fingerprint density at radius 3 is 2.81 bits per heavy atom. The van der Waals surface area contributed by atoms with Crippen LogP contribution in [0.2, 0.25) is 0 Å². The molecule has 0 aromatic carbocycles. The van der Waals surface area contributed by atoms with E-state index in [4.69, 9.17) is 0 Å². The molecule has 0 bridgehead atoms. The van der Waals surface area contributed by atoms with Gasteiger partial charge < -0.3 is 5.32 Å². The van der Waals surface area contributed by atoms with Crippen molar-refractivity contribution in [2.75, 3.05) is 13.1 Å². The normalized spacial score (nSPS) is 27.6. The van der Waals surface area contributed by atoms with E-state index in [1.807, 2.05) is 12.4 Å². The van der Waals surface area contributed by atoms with Gasteiger partial charge in [-0.05, 0) is 38.0 Å². The van der Waals surface area contributed by atoms with Crippen molar-refractivity contribution >= 4 is 0 Å². The Hall–Kier alpha value is -0.930. The van der Waals surface area contributed by atoms with Crippen molar-refractivity contribution in [3.63, 3.8) is 0 Å². The SMILES string of the molecule is CC1CCN(Cc2ccncc2)CC(C)N1. The van der Waals surface area contributed by atoms with Crippen LogP contribution in [-0.2, 0) is 6.54 Å². The van der Waals surface area contributed by atoms with E-state index in [0.29, 0.717) is 12.1 Å². The number of aromatic nitrogens is 1. The van der Waals surface area contributed by atoms with Gasteiger partial charge in [0, 0.05) is 44.1 Å². The molecule has 88 valence electrons. The number of rotatable bonds is 2. The summed E-state index contributed by atoms with van der Waals surface area (Å²) in [5.41, 5.74) is 1.36. The highest BCUT2D eigenvalue weighted by atomic mass is 15.2. The van der Waals surface area contributed by atoms with Gasteiger partial charge in [0.15, 0.2) is 0 Å². The molecule has 1 aromatic heterocycles. The summed E-state index contributed by atoms with van der Waals surface area (Å²) in [4.78, 5) is 6.58. The van der Waals surface area contributed by atoms with Crippen LogP contribution < -0.4 is 5.32 Å². The smallest absolute Gasteiger partial charge is 0.0271 e. The summed E-state index contributed by atoms with van der Waals surface area (Å²) in [5, 5.41) is 3.60. The molecular weight excluding hydrogens is 198 g/mol. The number of hydrogen-bond donors (Lipinski definition) is 1. The molecule has 16 heavy (non-hydrogen) atoms. The van der Waals surface area contributed by atoms with Gasteiger partial charge in [-0.2, -0.15) is 0 Å². The molecule has 2 unspecified atom stereocenters. The summed E-state index contributed by atoms with van der Waals surface area (Å²) in [6, 6.07) is 5.43. The monoisotopic (exact) mass is 219 g/mol. The van der Waals surface area contributed by atoms with E-state index >= 15 is 0 Å². The maximum Gasteiger partial charge on any atom is 0.0271 e. The molecule has 1 aliphatic heterocycles. The standard InChI is InChI=1S/C13H21N3/c1-11-5-8-16(9-12(2)15-11)10-13-3-6-14-7-4-13/h3-4,6-7,11-12,15H,5,8-10H2,1-2H3. The Bertz CT molecular complexity index is 312. The third-order valence-electron chi connectivity index (χ3n) is 3.13. The molecule has 2 rings (SSSR count). The molecule has 1 N–H and O–H groups in total. The fourth-order valence-electron chi connectivity index (χ4n) is 2.37. The molecule has 3 heteroatoms. The first-order chi connectivity index (χ1) is 7.74. The quantitative estimate of drug-likeness (QED) is 0.820. The first-order valence-electron chi connectivity index (χ1n) is 6.11. The molecule has 0 radical (unpaired) electrons. The van der Waals surface area contributed by atoms with Gasteiger partial charge in [0.2, 0.25) is 0 Å². The lowest BCUT2D eigenvalue weighted by Crippen LogP contribution is -2.37. The first kappa shape index (κ1) is 11.6. The Labute approximate surface area is 97.9 Å². The number of hydrogen-bond acceptors (Lipinski definition) is 3. The van der Waals surface area contributed by atoms with Crippen LogP contribution in [0.25, 0.3) is 0 Å². The lowest BCUT2D eigenvalue weighted by atomic mass is 10.2. The number of nitrogens with zero attached hydrogens (tertiary/aromatic N) is 2. The Morgan fingerprint density at radius 2 is 2.06 bits per heavy atom. The zero-order chi connectivity index (χ0) is 11.4. The van der Waals surface area contributed by atoms with Gasteiger partial charge >= 0.3 is 0 Å². The second-order valence-corrected chi connectivity index (χ2v) is 4.85. The van der Waals surface area contributed by atoms with Crippen molar-refractivity contribution in [1.29, 1.82) is 0 Å². The van der Waals surface area contributed by atoms with Crippen LogP contribution in [0.15, 0.2) is 24.5 Å². The first-order valence-corrected chi connectivity index (χ1v) is 6.11. The second-order valence-electron chi connectivity index (χ2n) is 4.85. The summed E-state index contributed by atoms with van der Waals surface area (Å²) in [5.74, 6) is 0. The number of pyridine rings is 1. The van der Waals surface area contributed by atoms with Gasteiger partial charge in [0.25, 0.3) is 0 Å². The minimum Gasteiger partial charge on any atom is -0.310 e. The second kappa shape index (κ2) is 5.41. The maximum atomic E-state index is 4.05. The Kier molecular flexibility index (Phi) is 3.91. The summed E-state index contributed by atoms with van der Waals surface area (Å²) < 4.78 is 0. The molecule has 1 aromatic rings. The maximum absolute atomic E-state index is 4.05. The van der Waals surface area contributed by atoms with Crippen molar-refractivity contribution in [2.24, 2.45) is 0 Å². The van der Waals surface area contributed by atoms with Crippen LogP contribution in [0.5, 0.6) is 0 Å². The molecule has 0 aliphatic carbocycles. The van der Waals surface area contributed by atoms with Crippen LogP contribution >= 0.6 is 0 Å². The van der Waals surface area contributed by atoms with E-state index in [2.05, 4.69) is 41.2 Å². The van der Waals surface area contributed by atoms with Crippen molar-refractivity contribution in [1.82, 2.24) is 15.2 Å². The van der Waals surface area contributed by atoms with Crippen molar-refractivity contribution in [3.05, 3.63) is 30.1 Å². The fourth-order valence-corrected chi connectivity index (χ4v) is 2.37. The van der Waals surface area contributed by atoms with Crippen molar-refractivity contribution < 1.29 is 0 Å². The van der Waals surface area contributed by atoms with E-state index in [-0.39, 0.29) is 0 Å². The topological polar surface area (TPSA) is 28.2 Å². The van der Waals surface area contributed by atoms with E-state index in [9.17, 15) is 0 Å². The van der Waals surface area contributed by atoms with E-state index in [1.54, 1.807) is 0 Å². The number of nitrogens with one attached hydrogen (secondary N) is 1. The third-order valence-corrected chi connectivity index (χ3v) is 3.13. The van der Waals surface area contributed by atoms with Crippen LogP contribution in [0, 0.1) is 0 Å². The minimum absolute atomic E-state index is 0.583. The van der Waals surface area contributed by atoms with Crippen LogP contribution in [0.1, 0.15) is 25.8 Å². The van der Waals surface area contributed by atoms with Gasteiger partial charge in [0.1, 0.15) is 0 Å². The lowest BCUT2D eigenvalue weighted by molar-refractivity contribution is 0.264. The van der Waals surface area contributed by atoms with Crippen LogP contribution in [0.3, 0.4) is 0 Å². The van der Waals surface area contributed by atoms with Crippen molar-refractivity contribution in [3.8, 4) is 0 Å². The van der Waals surface area contributed by atoms with Gasteiger partial charge in [-0.25, -0.2) is 0 Å². The third kappa shape index (κ3) is 3.29. The summed E-state index contributed by atoms with van der Waals surface area (Å²) >= 11 is 0. The fraction of sp³-hybridized carbons (Fsp3) is 0.615. The molecule has 2 atom stereocenters. The highest BCUT2D eigenvalue weighted by molar-refractivity contribution is 5.09. The average molecular weight is 219 g/mol. The summed E-state index contributed by atoms with van der Waals surface area (Å²) in [7, 11) is 0. The van der Waals surface area contributed by atoms with Crippen LogP contribution in [-0.4, -0.2) is 35.1 Å². The molecule has 1 saturated heterocycles.